The van der Waals surface area contributed by atoms with Crippen LogP contribution in [0, 0.1) is 5.41 Å². The Hall–Kier alpha value is -1.06. The van der Waals surface area contributed by atoms with Crippen molar-refractivity contribution in [1.29, 1.82) is 0 Å². The van der Waals surface area contributed by atoms with E-state index in [1.165, 1.54) is 6.42 Å². The van der Waals surface area contributed by atoms with Crippen LogP contribution in [0.4, 0.5) is 4.79 Å². The molecule has 1 unspecified atom stereocenters. The molecule has 0 aliphatic heterocycles. The molecule has 1 aliphatic carbocycles. The standard InChI is InChI=1S/C14H25NO3/c1-13(2,3)18-12(17)15-11(10-16)14(4)8-6-5-7-9-14/h10-11H,5-9H2,1-4H3,(H,15,17). The number of carbonyl (C=O) groups is 2. The first kappa shape index (κ1) is 15.0. The summed E-state index contributed by atoms with van der Waals surface area (Å²) in [5.74, 6) is 0. The van der Waals surface area contributed by atoms with Gasteiger partial charge in [0.15, 0.2) is 0 Å². The van der Waals surface area contributed by atoms with Crippen LogP contribution >= 0.6 is 0 Å². The number of aldehydes is 1. The van der Waals surface area contributed by atoms with Gasteiger partial charge in [-0.05, 0) is 39.0 Å². The zero-order valence-electron chi connectivity index (χ0n) is 11.9. The second kappa shape index (κ2) is 5.72. The van der Waals surface area contributed by atoms with Gasteiger partial charge in [0.25, 0.3) is 0 Å². The van der Waals surface area contributed by atoms with Gasteiger partial charge in [-0.2, -0.15) is 0 Å². The van der Waals surface area contributed by atoms with E-state index in [1.807, 2.05) is 20.8 Å². The zero-order valence-corrected chi connectivity index (χ0v) is 11.9. The Morgan fingerprint density at radius 1 is 1.28 bits per heavy atom. The third kappa shape index (κ3) is 4.31. The maximum Gasteiger partial charge on any atom is 0.408 e. The first-order valence-corrected chi connectivity index (χ1v) is 6.72. The molecule has 4 heteroatoms. The van der Waals surface area contributed by atoms with E-state index in [0.717, 1.165) is 32.0 Å². The second-order valence-electron chi connectivity index (χ2n) is 6.47. The van der Waals surface area contributed by atoms with Crippen molar-refractivity contribution in [3.63, 3.8) is 0 Å². The summed E-state index contributed by atoms with van der Waals surface area (Å²) in [5.41, 5.74) is -0.665. The lowest BCUT2D eigenvalue weighted by molar-refractivity contribution is -0.112. The van der Waals surface area contributed by atoms with Crippen molar-refractivity contribution >= 4 is 12.4 Å². The molecule has 0 aromatic rings. The molecule has 0 heterocycles. The molecule has 0 radical (unpaired) electrons. The summed E-state index contributed by atoms with van der Waals surface area (Å²) < 4.78 is 5.20. The van der Waals surface area contributed by atoms with Crippen molar-refractivity contribution in [2.45, 2.75) is 71.4 Å². The number of nitrogens with one attached hydrogen (secondary N) is 1. The number of alkyl carbamates (subject to hydrolysis) is 1. The Morgan fingerprint density at radius 3 is 2.28 bits per heavy atom. The van der Waals surface area contributed by atoms with Gasteiger partial charge in [0.2, 0.25) is 0 Å². The van der Waals surface area contributed by atoms with Crippen molar-refractivity contribution < 1.29 is 14.3 Å². The molecule has 1 saturated carbocycles. The summed E-state index contributed by atoms with van der Waals surface area (Å²) >= 11 is 0. The molecule has 0 saturated heterocycles. The van der Waals surface area contributed by atoms with Gasteiger partial charge in [0.1, 0.15) is 11.9 Å². The van der Waals surface area contributed by atoms with Crippen LogP contribution in [0.3, 0.4) is 0 Å². The number of hydrogen-bond acceptors (Lipinski definition) is 3. The summed E-state index contributed by atoms with van der Waals surface area (Å²) in [6.07, 6.45) is 5.75. The molecule has 0 spiro atoms. The Bertz CT molecular complexity index is 301. The topological polar surface area (TPSA) is 55.4 Å². The van der Waals surface area contributed by atoms with Crippen molar-refractivity contribution in [3.05, 3.63) is 0 Å². The van der Waals surface area contributed by atoms with Gasteiger partial charge in [-0.25, -0.2) is 4.79 Å². The molecule has 104 valence electrons. The van der Waals surface area contributed by atoms with E-state index in [1.54, 1.807) is 0 Å². The summed E-state index contributed by atoms with van der Waals surface area (Å²) in [4.78, 5) is 23.0. The van der Waals surface area contributed by atoms with Gasteiger partial charge in [-0.3, -0.25) is 0 Å². The molecule has 0 aromatic carbocycles. The molecule has 1 N–H and O–H groups in total. The van der Waals surface area contributed by atoms with E-state index < -0.39 is 17.7 Å². The largest absolute Gasteiger partial charge is 0.444 e. The Kier molecular flexibility index (Phi) is 4.77. The van der Waals surface area contributed by atoms with Crippen LogP contribution in [0.1, 0.15) is 59.8 Å². The minimum atomic E-state index is -0.537. The highest BCUT2D eigenvalue weighted by Gasteiger charge is 2.37. The molecule has 0 bridgehead atoms. The monoisotopic (exact) mass is 255 g/mol. The average molecular weight is 255 g/mol. The molecule has 18 heavy (non-hydrogen) atoms. The molecular weight excluding hydrogens is 230 g/mol. The fraction of sp³-hybridized carbons (Fsp3) is 0.857. The van der Waals surface area contributed by atoms with Gasteiger partial charge in [0.05, 0.1) is 6.04 Å². The van der Waals surface area contributed by atoms with Crippen LogP contribution in [0.25, 0.3) is 0 Å². The second-order valence-corrected chi connectivity index (χ2v) is 6.47. The summed E-state index contributed by atoms with van der Waals surface area (Å²) in [7, 11) is 0. The van der Waals surface area contributed by atoms with Crippen LogP contribution in [-0.2, 0) is 9.53 Å². The SMILES string of the molecule is CC(C)(C)OC(=O)NC(C=O)C1(C)CCCCC1. The van der Waals surface area contributed by atoms with Crippen molar-refractivity contribution in [3.8, 4) is 0 Å². The quantitative estimate of drug-likeness (QED) is 0.789. The van der Waals surface area contributed by atoms with Crippen molar-refractivity contribution in [1.82, 2.24) is 5.32 Å². The smallest absolute Gasteiger partial charge is 0.408 e. The van der Waals surface area contributed by atoms with Crippen LogP contribution < -0.4 is 5.32 Å². The van der Waals surface area contributed by atoms with E-state index in [9.17, 15) is 9.59 Å². The molecule has 1 atom stereocenters. The molecule has 4 nitrogen and oxygen atoms in total. The number of carbonyl (C=O) groups excluding carboxylic acids is 2. The molecular formula is C14H25NO3. The highest BCUT2D eigenvalue weighted by molar-refractivity contribution is 5.74. The van der Waals surface area contributed by atoms with E-state index in [0.29, 0.717) is 0 Å². The zero-order chi connectivity index (χ0) is 13.8. The number of hydrogen-bond donors (Lipinski definition) is 1. The summed E-state index contributed by atoms with van der Waals surface area (Å²) in [6.45, 7) is 7.50. The minimum absolute atomic E-state index is 0.128. The van der Waals surface area contributed by atoms with Crippen LogP contribution in [0.2, 0.25) is 0 Å². The third-order valence-corrected chi connectivity index (χ3v) is 3.55. The first-order chi connectivity index (χ1) is 8.27. The highest BCUT2D eigenvalue weighted by atomic mass is 16.6. The van der Waals surface area contributed by atoms with Crippen LogP contribution in [0.5, 0.6) is 0 Å². The van der Waals surface area contributed by atoms with Crippen molar-refractivity contribution in [2.75, 3.05) is 0 Å². The normalized spacial score (nSPS) is 20.9. The summed E-state index contributed by atoms with van der Waals surface area (Å²) in [6, 6.07) is -0.451. The molecule has 1 fully saturated rings. The molecule has 1 aliphatic rings. The molecule has 1 rings (SSSR count). The summed E-state index contributed by atoms with van der Waals surface area (Å²) in [5, 5.41) is 2.70. The first-order valence-electron chi connectivity index (χ1n) is 6.72. The maximum atomic E-state index is 11.7. The van der Waals surface area contributed by atoms with E-state index in [-0.39, 0.29) is 5.41 Å². The number of rotatable bonds is 3. The van der Waals surface area contributed by atoms with E-state index in [2.05, 4.69) is 12.2 Å². The van der Waals surface area contributed by atoms with E-state index in [4.69, 9.17) is 4.74 Å². The van der Waals surface area contributed by atoms with Gasteiger partial charge >= 0.3 is 6.09 Å². The Labute approximate surface area is 109 Å². The van der Waals surface area contributed by atoms with Crippen molar-refractivity contribution in [2.24, 2.45) is 5.41 Å². The predicted octanol–water partition coefficient (Wildman–Crippen LogP) is 3.05. The van der Waals surface area contributed by atoms with Crippen LogP contribution in [0.15, 0.2) is 0 Å². The Morgan fingerprint density at radius 2 is 1.83 bits per heavy atom. The molecule has 1 amide bonds. The fourth-order valence-electron chi connectivity index (χ4n) is 2.48. The Balaban J connectivity index is 2.61. The highest BCUT2D eigenvalue weighted by Crippen LogP contribution is 2.38. The lowest BCUT2D eigenvalue weighted by atomic mass is 9.71. The lowest BCUT2D eigenvalue weighted by Gasteiger charge is -2.38. The minimum Gasteiger partial charge on any atom is -0.444 e. The fourth-order valence-corrected chi connectivity index (χ4v) is 2.48. The predicted molar refractivity (Wildman–Crippen MR) is 70.4 cm³/mol. The van der Waals surface area contributed by atoms with Gasteiger partial charge < -0.3 is 14.8 Å². The lowest BCUT2D eigenvalue weighted by Crippen LogP contribution is -2.49. The average Bonchev–Trinajstić information content (AvgIpc) is 2.24. The van der Waals surface area contributed by atoms with E-state index >= 15 is 0 Å². The van der Waals surface area contributed by atoms with Gasteiger partial charge in [-0.15, -0.1) is 0 Å². The van der Waals surface area contributed by atoms with Gasteiger partial charge in [-0.1, -0.05) is 26.2 Å². The number of ether oxygens (including phenoxy) is 1. The molecule has 0 aromatic heterocycles. The van der Waals surface area contributed by atoms with Gasteiger partial charge in [0, 0.05) is 0 Å². The maximum absolute atomic E-state index is 11.7. The number of amides is 1. The van der Waals surface area contributed by atoms with Crippen LogP contribution in [-0.4, -0.2) is 24.0 Å². The third-order valence-electron chi connectivity index (χ3n) is 3.55.